The van der Waals surface area contributed by atoms with Gasteiger partial charge >= 0.3 is 6.36 Å². The molecule has 3 heterocycles. The first-order valence-electron chi connectivity index (χ1n) is 6.90. The lowest BCUT2D eigenvalue weighted by atomic mass is 10.3. The van der Waals surface area contributed by atoms with Crippen molar-refractivity contribution < 1.29 is 22.7 Å². The van der Waals surface area contributed by atoms with Gasteiger partial charge in [0.2, 0.25) is 11.8 Å². The fourth-order valence-electron chi connectivity index (χ4n) is 2.22. The van der Waals surface area contributed by atoms with E-state index in [1.165, 1.54) is 23.6 Å². The number of nitrogens with one attached hydrogen (secondary N) is 1. The lowest BCUT2D eigenvalue weighted by Gasteiger charge is -2.14. The van der Waals surface area contributed by atoms with Crippen LogP contribution in [0.25, 0.3) is 16.9 Å². The Labute approximate surface area is 147 Å². The molecule has 6 nitrogen and oxygen atoms in total. The smallest absolute Gasteiger partial charge is 0.385 e. The summed E-state index contributed by atoms with van der Waals surface area (Å²) < 4.78 is 44.1. The average Bonchev–Trinajstić information content (AvgIpc) is 2.90. The molecule has 0 unspecified atom stereocenters. The summed E-state index contributed by atoms with van der Waals surface area (Å²) in [5, 5.41) is 3.03. The minimum Gasteiger partial charge on any atom is -0.385 e. The molecule has 0 aliphatic rings. The number of anilines is 1. The third-order valence-corrected chi connectivity index (χ3v) is 3.54. The molecule has 0 radical (unpaired) electrons. The summed E-state index contributed by atoms with van der Waals surface area (Å²) in [6, 6.07) is 6.31. The number of nitrogens with zero attached hydrogens (tertiary/aromatic N) is 3. The summed E-state index contributed by atoms with van der Waals surface area (Å²) in [6.07, 6.45) is -1.75. The van der Waals surface area contributed by atoms with Crippen molar-refractivity contribution in [2.45, 2.75) is 13.3 Å². The molecule has 130 valence electrons. The second-order valence-corrected chi connectivity index (χ2v) is 5.92. The number of ether oxygens (including phenoxy) is 1. The summed E-state index contributed by atoms with van der Waals surface area (Å²) in [7, 11) is 0. The van der Waals surface area contributed by atoms with Gasteiger partial charge in [0.15, 0.2) is 0 Å². The molecule has 0 atom stereocenters. The molecular formula is C15H10BrF3N4O2. The minimum absolute atomic E-state index is 0.165. The van der Waals surface area contributed by atoms with Crippen LogP contribution < -0.4 is 10.1 Å². The van der Waals surface area contributed by atoms with Gasteiger partial charge in [-0.15, -0.1) is 13.2 Å². The molecule has 0 saturated heterocycles. The molecule has 1 N–H and O–H groups in total. The third-order valence-electron chi connectivity index (χ3n) is 3.11. The van der Waals surface area contributed by atoms with Crippen molar-refractivity contribution in [2.75, 3.05) is 5.32 Å². The highest BCUT2D eigenvalue weighted by Gasteiger charge is 2.33. The molecule has 0 aliphatic carbocycles. The second kappa shape index (κ2) is 6.36. The van der Waals surface area contributed by atoms with E-state index in [9.17, 15) is 18.0 Å². The lowest BCUT2D eigenvalue weighted by Crippen LogP contribution is -2.20. The molecule has 0 fully saturated rings. The zero-order valence-electron chi connectivity index (χ0n) is 12.6. The summed E-state index contributed by atoms with van der Waals surface area (Å²) in [4.78, 5) is 19.3. The van der Waals surface area contributed by atoms with Crippen LogP contribution in [0.3, 0.4) is 0 Å². The monoisotopic (exact) mass is 414 g/mol. The van der Waals surface area contributed by atoms with Crippen LogP contribution in [-0.4, -0.2) is 26.8 Å². The van der Waals surface area contributed by atoms with E-state index in [0.717, 1.165) is 9.86 Å². The van der Waals surface area contributed by atoms with E-state index < -0.39 is 18.1 Å². The SMILES string of the molecule is CC(=O)Nc1ccc(-n2ccc3cc(Br)cnc32)nc1OC(F)(F)F. The predicted octanol–water partition coefficient (Wildman–Crippen LogP) is 4.04. The van der Waals surface area contributed by atoms with Gasteiger partial charge in [-0.1, -0.05) is 0 Å². The molecule has 0 bridgehead atoms. The maximum atomic E-state index is 12.6. The van der Waals surface area contributed by atoms with Crippen molar-refractivity contribution in [3.63, 3.8) is 0 Å². The largest absolute Gasteiger partial charge is 0.574 e. The van der Waals surface area contributed by atoms with Crippen LogP contribution in [0, 0.1) is 0 Å². The van der Waals surface area contributed by atoms with Crippen LogP contribution in [0.2, 0.25) is 0 Å². The van der Waals surface area contributed by atoms with Gasteiger partial charge in [-0.05, 0) is 40.2 Å². The second-order valence-electron chi connectivity index (χ2n) is 5.00. The summed E-state index contributed by atoms with van der Waals surface area (Å²) in [5.41, 5.74) is 0.335. The van der Waals surface area contributed by atoms with E-state index in [1.807, 2.05) is 6.07 Å². The first-order valence-corrected chi connectivity index (χ1v) is 7.69. The van der Waals surface area contributed by atoms with Crippen molar-refractivity contribution in [3.8, 4) is 11.7 Å². The van der Waals surface area contributed by atoms with E-state index >= 15 is 0 Å². The Morgan fingerprint density at radius 1 is 1.32 bits per heavy atom. The highest BCUT2D eigenvalue weighted by atomic mass is 79.9. The van der Waals surface area contributed by atoms with Crippen molar-refractivity contribution in [3.05, 3.63) is 41.1 Å². The van der Waals surface area contributed by atoms with Gasteiger partial charge in [-0.2, -0.15) is 4.98 Å². The molecule has 10 heteroatoms. The summed E-state index contributed by atoms with van der Waals surface area (Å²) in [5.74, 6) is -1.13. The summed E-state index contributed by atoms with van der Waals surface area (Å²) >= 11 is 3.30. The number of pyridine rings is 2. The normalized spacial score (nSPS) is 11.6. The molecule has 25 heavy (non-hydrogen) atoms. The molecule has 3 aromatic rings. The fraction of sp³-hybridized carbons (Fsp3) is 0.133. The highest BCUT2D eigenvalue weighted by molar-refractivity contribution is 9.10. The number of hydrogen-bond acceptors (Lipinski definition) is 4. The number of hydrogen-bond donors (Lipinski definition) is 1. The lowest BCUT2D eigenvalue weighted by molar-refractivity contribution is -0.275. The first kappa shape index (κ1) is 17.2. The molecule has 3 aromatic heterocycles. The number of carbonyl (C=O) groups is 1. The van der Waals surface area contributed by atoms with E-state index in [1.54, 1.807) is 18.5 Å². The quantitative estimate of drug-likeness (QED) is 0.701. The molecule has 0 saturated carbocycles. The topological polar surface area (TPSA) is 69.0 Å². The average molecular weight is 415 g/mol. The van der Waals surface area contributed by atoms with E-state index in [4.69, 9.17) is 0 Å². The van der Waals surface area contributed by atoms with Crippen molar-refractivity contribution in [2.24, 2.45) is 0 Å². The van der Waals surface area contributed by atoms with Gasteiger partial charge in [0.1, 0.15) is 17.2 Å². The number of rotatable bonds is 3. The van der Waals surface area contributed by atoms with Gasteiger partial charge in [0.25, 0.3) is 0 Å². The minimum atomic E-state index is -4.94. The van der Waals surface area contributed by atoms with Crippen molar-refractivity contribution in [1.82, 2.24) is 14.5 Å². The molecule has 0 aliphatic heterocycles. The number of alkyl halides is 3. The Balaban J connectivity index is 2.09. The van der Waals surface area contributed by atoms with Gasteiger partial charge < -0.3 is 10.1 Å². The number of halogens is 4. The van der Waals surface area contributed by atoms with Crippen molar-refractivity contribution in [1.29, 1.82) is 0 Å². The zero-order valence-corrected chi connectivity index (χ0v) is 14.2. The third kappa shape index (κ3) is 3.90. The van der Waals surface area contributed by atoms with Gasteiger partial charge in [-0.25, -0.2) is 4.98 Å². The molecule has 0 aromatic carbocycles. The Kier molecular flexibility index (Phi) is 4.38. The van der Waals surface area contributed by atoms with Crippen LogP contribution in [0.5, 0.6) is 5.88 Å². The Bertz CT molecular complexity index is 956. The Morgan fingerprint density at radius 3 is 2.76 bits per heavy atom. The van der Waals surface area contributed by atoms with E-state index in [2.05, 4.69) is 36.0 Å². The van der Waals surface area contributed by atoms with Crippen LogP contribution in [0.1, 0.15) is 6.92 Å². The van der Waals surface area contributed by atoms with Gasteiger partial charge in [0, 0.05) is 29.2 Å². The van der Waals surface area contributed by atoms with Crippen LogP contribution in [0.4, 0.5) is 18.9 Å². The van der Waals surface area contributed by atoms with Crippen LogP contribution in [0.15, 0.2) is 41.1 Å². The number of aromatic nitrogens is 3. The predicted molar refractivity (Wildman–Crippen MR) is 87.6 cm³/mol. The highest BCUT2D eigenvalue weighted by Crippen LogP contribution is 2.30. The first-order chi connectivity index (χ1) is 11.7. The van der Waals surface area contributed by atoms with Crippen LogP contribution in [-0.2, 0) is 4.79 Å². The molecule has 3 rings (SSSR count). The van der Waals surface area contributed by atoms with E-state index in [-0.39, 0.29) is 11.5 Å². The van der Waals surface area contributed by atoms with Crippen LogP contribution >= 0.6 is 15.9 Å². The molecular weight excluding hydrogens is 405 g/mol. The number of carbonyl (C=O) groups excluding carboxylic acids is 1. The summed E-state index contributed by atoms with van der Waals surface area (Å²) in [6.45, 7) is 1.17. The fourth-order valence-corrected chi connectivity index (χ4v) is 2.57. The Hall–Kier alpha value is -2.62. The molecule has 0 spiro atoms. The Morgan fingerprint density at radius 2 is 2.08 bits per heavy atom. The number of fused-ring (bicyclic) bond motifs is 1. The standard InChI is InChI=1S/C15H10BrF3N4O2/c1-8(24)21-11-2-3-12(22-14(11)25-15(17,18)19)23-5-4-9-6-10(16)7-20-13(9)23/h2-7H,1H3,(H,21,24). The van der Waals surface area contributed by atoms with E-state index in [0.29, 0.717) is 5.65 Å². The van der Waals surface area contributed by atoms with Gasteiger partial charge in [0.05, 0.1) is 0 Å². The molecule has 1 amide bonds. The maximum Gasteiger partial charge on any atom is 0.574 e. The zero-order chi connectivity index (χ0) is 18.2. The van der Waals surface area contributed by atoms with Crippen molar-refractivity contribution >= 4 is 38.6 Å². The number of amides is 1. The maximum absolute atomic E-state index is 12.6. The van der Waals surface area contributed by atoms with Gasteiger partial charge in [-0.3, -0.25) is 9.36 Å².